The summed E-state index contributed by atoms with van der Waals surface area (Å²) in [5.74, 6) is -12.7. The number of fused-ring (bicyclic) bond motifs is 3. The molecule has 3 fully saturated rings. The van der Waals surface area contributed by atoms with Crippen LogP contribution in [0.3, 0.4) is 0 Å². The lowest BCUT2D eigenvalue weighted by Crippen LogP contribution is -2.61. The minimum Gasteiger partial charge on any atom is -0.458 e. The number of ether oxygens (including phenoxy) is 2. The maximum Gasteiger partial charge on any atom is 0.329 e. The van der Waals surface area contributed by atoms with Gasteiger partial charge in [0.1, 0.15) is 65.7 Å². The van der Waals surface area contributed by atoms with Crippen LogP contribution in [0.15, 0.2) is 21.3 Å². The van der Waals surface area contributed by atoms with E-state index < -0.39 is 191 Å². The van der Waals surface area contributed by atoms with Gasteiger partial charge in [-0.15, -0.1) is 0 Å². The molecule has 88 heavy (non-hydrogen) atoms. The van der Waals surface area contributed by atoms with E-state index in [2.05, 4.69) is 21.3 Å². The molecule has 1 aliphatic carbocycles. The van der Waals surface area contributed by atoms with Gasteiger partial charge in [0.25, 0.3) is 11.8 Å². The monoisotopic (exact) mass is 1230 g/mol. The zero-order valence-corrected chi connectivity index (χ0v) is 53.1. The van der Waals surface area contributed by atoms with Gasteiger partial charge in [-0.1, -0.05) is 61.5 Å². The van der Waals surface area contributed by atoms with Crippen LogP contribution in [-0.4, -0.2) is 221 Å². The highest BCUT2D eigenvalue weighted by Crippen LogP contribution is 2.35. The van der Waals surface area contributed by atoms with Crippen molar-refractivity contribution in [3.63, 3.8) is 0 Å². The lowest BCUT2D eigenvalue weighted by Gasteiger charge is -2.36. The first-order valence-electron chi connectivity index (χ1n) is 29.4. The summed E-state index contributed by atoms with van der Waals surface area (Å²) >= 11 is 0. The minimum absolute atomic E-state index is 0.0812. The number of nitrogen functional groups attached to an aromatic ring is 1. The summed E-state index contributed by atoms with van der Waals surface area (Å²) in [6.45, 7) is 17.5. The van der Waals surface area contributed by atoms with Gasteiger partial charge in [-0.25, -0.2) is 14.6 Å². The number of carbonyl (C=O) groups is 12. The molecule has 0 spiro atoms. The number of nitrogens with one attached hydrogen (secondary N) is 4. The molecule has 0 aromatic heterocycles. The van der Waals surface area contributed by atoms with E-state index in [4.69, 9.17) is 24.6 Å². The first-order chi connectivity index (χ1) is 41.0. The topological polar surface area (TPSA) is 360 Å². The number of hydrogen-bond acceptors (Lipinski definition) is 18. The molecule has 4 heterocycles. The smallest absolute Gasteiger partial charge is 0.329 e. The van der Waals surface area contributed by atoms with Crippen LogP contribution in [0, 0.1) is 37.5 Å². The molecule has 28 heteroatoms. The number of cyclic esters (lactones) is 2. The standard InChI is InChI=1S/C60H84N12O16/c1-26(2)41-57(82)69(15)23-36(73)67(13)24-37(74)70(16)47(28(5)6)59(84)87-33(12)44(55(80)63-41)66-53(78)39-40(61)49(76)31(10)51-46(39)62-45-34(21-20-30(9)50(45)88-51)52(77)65-43-32(11)86-60(85)48(29(7)8)71(17)38(75)25-68(14)56(81)35-19-18-22-72(35)58(83)42(27(3)4)64-54(43)79/h20-21,26-29,32-33,35,41-44,47-48H,18-19,22-25,61H2,1-17H3,(H,63,80)(H,64,79)(H,65,77)(H,66,78). The van der Waals surface area contributed by atoms with Crippen LogP contribution in [0.5, 0.6) is 0 Å². The highest BCUT2D eigenvalue weighted by atomic mass is 16.6. The SMILES string of the molecule is Cc1c2oc3c(C)ccc(C(=O)NC4C(=O)NC(C(C)C)C(=O)N5CCCC5C(=O)N(C)CC(=O)N(C)C(C(C)C)C(=O)OC4C)c3nc-2c(C(=O)NC2C(=O)NC(C(C)C)C(=O)N(C)CC(=O)N(C)CC(=O)N(C)C(C(C)C)C(=O)OC2C)c(N)c1=O. The third-order valence-electron chi connectivity index (χ3n) is 16.5. The van der Waals surface area contributed by atoms with E-state index >= 15 is 9.59 Å². The normalized spacial score (nSPS) is 25.1. The molecular weight excluding hydrogens is 1140 g/mol. The quantitative estimate of drug-likeness (QED) is 0.114. The molecule has 480 valence electrons. The number of rotatable bonds is 8. The average Bonchev–Trinajstić information content (AvgIpc) is 0.835. The van der Waals surface area contributed by atoms with Crippen molar-refractivity contribution in [1.82, 2.24) is 55.7 Å². The third kappa shape index (κ3) is 14.1. The van der Waals surface area contributed by atoms with E-state index in [0.29, 0.717) is 12.0 Å². The Kier molecular flexibility index (Phi) is 21.4. The van der Waals surface area contributed by atoms with Crippen LogP contribution in [0.4, 0.5) is 5.69 Å². The van der Waals surface area contributed by atoms with E-state index in [1.807, 2.05) is 0 Å². The number of aromatic nitrogens is 1. The molecule has 0 radical (unpaired) electrons. The number of nitrogens with two attached hydrogens (primary N) is 1. The number of anilines is 1. The number of aryl methyl sites for hydroxylation is 1. The Bertz CT molecular complexity index is 3320. The van der Waals surface area contributed by atoms with Crippen molar-refractivity contribution in [2.24, 2.45) is 23.7 Å². The molecule has 1 aromatic rings. The van der Waals surface area contributed by atoms with Crippen molar-refractivity contribution >= 4 is 87.8 Å². The summed E-state index contributed by atoms with van der Waals surface area (Å²) in [6, 6.07) is -6.97. The van der Waals surface area contributed by atoms with Crippen molar-refractivity contribution in [2.75, 3.05) is 67.2 Å². The molecule has 0 saturated carbocycles. The molecular formula is C60H84N12O16. The first-order valence-corrected chi connectivity index (χ1v) is 29.4. The molecule has 4 aliphatic heterocycles. The van der Waals surface area contributed by atoms with Crippen LogP contribution < -0.4 is 32.4 Å². The second kappa shape index (κ2) is 27.5. The summed E-state index contributed by atoms with van der Waals surface area (Å²) in [5.41, 5.74) is 3.48. The Balaban J connectivity index is 1.47. The molecule has 0 bridgehead atoms. The predicted octanol–water partition coefficient (Wildman–Crippen LogP) is 0.193. The summed E-state index contributed by atoms with van der Waals surface area (Å²) in [7, 11) is 6.83. The Hall–Kier alpha value is -8.72. The first kappa shape index (κ1) is 68.4. The van der Waals surface area contributed by atoms with Crippen molar-refractivity contribution < 1.29 is 71.4 Å². The average molecular weight is 1230 g/mol. The van der Waals surface area contributed by atoms with E-state index in [1.165, 1.54) is 77.9 Å². The van der Waals surface area contributed by atoms with Crippen LogP contribution >= 0.6 is 0 Å². The Morgan fingerprint density at radius 2 is 1.09 bits per heavy atom. The van der Waals surface area contributed by atoms with E-state index in [9.17, 15) is 52.7 Å². The number of benzene rings is 2. The van der Waals surface area contributed by atoms with Crippen molar-refractivity contribution in [1.29, 1.82) is 0 Å². The molecule has 6 N–H and O–H groups in total. The molecule has 9 unspecified atom stereocenters. The van der Waals surface area contributed by atoms with E-state index in [1.54, 1.807) is 62.3 Å². The highest BCUT2D eigenvalue weighted by molar-refractivity contribution is 6.10. The van der Waals surface area contributed by atoms with Gasteiger partial charge in [0, 0.05) is 47.3 Å². The van der Waals surface area contributed by atoms with Gasteiger partial charge in [-0.3, -0.25) is 52.7 Å². The zero-order valence-electron chi connectivity index (χ0n) is 53.1. The number of carbonyl (C=O) groups excluding carboxylic acids is 12. The third-order valence-corrected chi connectivity index (χ3v) is 16.5. The maximum absolute atomic E-state index is 15.1. The predicted molar refractivity (Wildman–Crippen MR) is 318 cm³/mol. The number of nitrogens with zero attached hydrogens (tertiary/aromatic N) is 7. The van der Waals surface area contributed by atoms with Crippen LogP contribution in [0.25, 0.3) is 22.6 Å². The molecule has 5 aliphatic rings. The fourth-order valence-corrected chi connectivity index (χ4v) is 11.2. The highest BCUT2D eigenvalue weighted by Gasteiger charge is 2.45. The fourth-order valence-electron chi connectivity index (χ4n) is 11.2. The second-order valence-electron chi connectivity index (χ2n) is 24.6. The van der Waals surface area contributed by atoms with Crippen LogP contribution in [0.1, 0.15) is 114 Å². The van der Waals surface area contributed by atoms with Gasteiger partial charge < -0.3 is 70.3 Å². The number of hydrogen-bond donors (Lipinski definition) is 5. The molecule has 10 amide bonds. The van der Waals surface area contributed by atoms with Gasteiger partial charge in [-0.2, -0.15) is 0 Å². The molecule has 9 atom stereocenters. The van der Waals surface area contributed by atoms with Gasteiger partial charge in [0.05, 0.1) is 36.4 Å². The Labute approximate surface area is 510 Å². The summed E-state index contributed by atoms with van der Waals surface area (Å²) in [5, 5.41) is 10.5. The molecule has 6 rings (SSSR count). The molecule has 3 saturated heterocycles. The number of esters is 2. The maximum atomic E-state index is 15.1. The Morgan fingerprint density at radius 1 is 0.625 bits per heavy atom. The van der Waals surface area contributed by atoms with Crippen molar-refractivity contribution in [3.05, 3.63) is 44.6 Å². The zero-order chi connectivity index (χ0) is 66.0. The lowest BCUT2D eigenvalue weighted by atomic mass is 9.98. The number of likely N-dealkylation sites (N-methyl/N-ethyl adjacent to an activating group) is 5. The van der Waals surface area contributed by atoms with Crippen molar-refractivity contribution in [2.45, 2.75) is 150 Å². The second-order valence-corrected chi connectivity index (χ2v) is 24.6. The minimum atomic E-state index is -1.89. The summed E-state index contributed by atoms with van der Waals surface area (Å²) < 4.78 is 18.2. The van der Waals surface area contributed by atoms with Gasteiger partial charge in [0.2, 0.25) is 52.7 Å². The summed E-state index contributed by atoms with van der Waals surface area (Å²) in [4.78, 5) is 197. The fraction of sp³-hybridized carbons (Fsp3) is 0.600. The summed E-state index contributed by atoms with van der Waals surface area (Å²) in [6.07, 6.45) is -2.37. The molecule has 1 aromatic carbocycles. The van der Waals surface area contributed by atoms with E-state index in [-0.39, 0.29) is 41.0 Å². The van der Waals surface area contributed by atoms with Gasteiger partial charge >= 0.3 is 11.9 Å². The van der Waals surface area contributed by atoms with Crippen LogP contribution in [-0.2, 0) is 57.4 Å². The van der Waals surface area contributed by atoms with Crippen molar-refractivity contribution in [3.8, 4) is 11.5 Å². The Morgan fingerprint density at radius 3 is 1.59 bits per heavy atom. The lowest BCUT2D eigenvalue weighted by molar-refractivity contribution is -0.163. The largest absolute Gasteiger partial charge is 0.458 e. The van der Waals surface area contributed by atoms with Crippen LogP contribution in [0.2, 0.25) is 0 Å². The van der Waals surface area contributed by atoms with Gasteiger partial charge in [0.15, 0.2) is 11.3 Å². The van der Waals surface area contributed by atoms with Gasteiger partial charge in [-0.05, 0) is 75.8 Å². The van der Waals surface area contributed by atoms with E-state index in [0.717, 1.165) is 19.6 Å². The number of amides is 10. The molecule has 28 nitrogen and oxygen atoms in total.